The van der Waals surface area contributed by atoms with E-state index in [2.05, 4.69) is 43.4 Å². The van der Waals surface area contributed by atoms with Crippen LogP contribution in [0.25, 0.3) is 34.3 Å². The molecule has 0 atom stereocenters. The summed E-state index contributed by atoms with van der Waals surface area (Å²) in [5.74, 6) is 0.833. The fraction of sp³-hybridized carbons (Fsp3) is 0.280. The zero-order chi connectivity index (χ0) is 23.0. The summed E-state index contributed by atoms with van der Waals surface area (Å²) >= 11 is 0. The van der Waals surface area contributed by atoms with Gasteiger partial charge in [0.2, 0.25) is 5.89 Å². The minimum absolute atomic E-state index is 0.200. The highest BCUT2D eigenvalue weighted by Crippen LogP contribution is 2.31. The van der Waals surface area contributed by atoms with Gasteiger partial charge in [0.1, 0.15) is 0 Å². The number of aromatic nitrogens is 5. The Hall–Kier alpha value is -4.12. The minimum atomic E-state index is -0.726. The normalized spacial score (nSPS) is 13.4. The highest BCUT2D eigenvalue weighted by molar-refractivity contribution is 5.69. The van der Waals surface area contributed by atoms with Crippen LogP contribution in [0.3, 0.4) is 0 Å². The Morgan fingerprint density at radius 1 is 0.970 bits per heavy atom. The zero-order valence-electron chi connectivity index (χ0n) is 18.5. The lowest BCUT2D eigenvalue weighted by molar-refractivity contribution is 0.581. The van der Waals surface area contributed by atoms with Crippen LogP contribution in [0.2, 0.25) is 0 Å². The number of fused-ring (bicyclic) bond motifs is 1. The molecule has 0 saturated heterocycles. The van der Waals surface area contributed by atoms with E-state index in [1.165, 1.54) is 24.0 Å². The topological polar surface area (TPSA) is 127 Å². The van der Waals surface area contributed by atoms with Gasteiger partial charge >= 0.3 is 0 Å². The van der Waals surface area contributed by atoms with Crippen LogP contribution in [0.5, 0.6) is 0 Å². The van der Waals surface area contributed by atoms with Crippen LogP contribution in [0.15, 0.2) is 47.1 Å². The first-order valence-corrected chi connectivity index (χ1v) is 10.9. The van der Waals surface area contributed by atoms with Gasteiger partial charge in [-0.15, -0.1) is 10.2 Å². The second kappa shape index (κ2) is 8.10. The third-order valence-corrected chi connectivity index (χ3v) is 6.00. The Kier molecular flexibility index (Phi) is 5.09. The molecule has 1 aliphatic rings. The van der Waals surface area contributed by atoms with E-state index in [1.807, 2.05) is 32.0 Å². The lowest BCUT2D eigenvalue weighted by Crippen LogP contribution is -2.15. The number of pyridine rings is 1. The second-order valence-electron chi connectivity index (χ2n) is 8.76. The highest BCUT2D eigenvalue weighted by Gasteiger charge is 2.23. The highest BCUT2D eigenvalue weighted by atomic mass is 16.4. The van der Waals surface area contributed by atoms with Crippen molar-refractivity contribution in [1.82, 2.24) is 25.1 Å². The zero-order valence-corrected chi connectivity index (χ0v) is 18.5. The molecule has 4 aromatic rings. The van der Waals surface area contributed by atoms with Crippen molar-refractivity contribution in [3.8, 4) is 40.4 Å². The van der Waals surface area contributed by atoms with Gasteiger partial charge in [-0.2, -0.15) is 5.26 Å². The van der Waals surface area contributed by atoms with Gasteiger partial charge in [-0.1, -0.05) is 6.07 Å². The molecule has 0 unspecified atom stereocenters. The van der Waals surface area contributed by atoms with Crippen molar-refractivity contribution < 1.29 is 4.42 Å². The van der Waals surface area contributed by atoms with Crippen molar-refractivity contribution in [2.45, 2.75) is 44.9 Å². The number of anilines is 1. The van der Waals surface area contributed by atoms with E-state index in [-0.39, 0.29) is 11.7 Å². The molecule has 0 aliphatic heterocycles. The Morgan fingerprint density at radius 3 is 2.58 bits per heavy atom. The predicted molar refractivity (Wildman–Crippen MR) is 124 cm³/mol. The number of nitrogen functional groups attached to an aromatic ring is 1. The fourth-order valence-corrected chi connectivity index (χ4v) is 3.99. The van der Waals surface area contributed by atoms with Crippen molar-refractivity contribution in [2.75, 3.05) is 5.73 Å². The molecule has 0 radical (unpaired) electrons. The van der Waals surface area contributed by atoms with E-state index in [9.17, 15) is 5.26 Å². The van der Waals surface area contributed by atoms with Crippen molar-refractivity contribution in [3.05, 3.63) is 59.5 Å². The lowest BCUT2D eigenvalue weighted by Gasteiger charge is -2.15. The molecule has 0 fully saturated rings. The summed E-state index contributed by atoms with van der Waals surface area (Å²) in [5.41, 5.74) is 11.3. The summed E-state index contributed by atoms with van der Waals surface area (Å²) < 4.78 is 5.95. The summed E-state index contributed by atoms with van der Waals surface area (Å²) in [6, 6.07) is 12.2. The SMILES string of the molecule is CC(C)(C#N)c1cc(-c2cnc(N)c(-c3nnc(-c4ccc5c(c4)CCCC5)o3)n2)ccn1. The van der Waals surface area contributed by atoms with Crippen molar-refractivity contribution in [3.63, 3.8) is 0 Å². The molecular weight excluding hydrogens is 414 g/mol. The first kappa shape index (κ1) is 20.8. The Labute approximate surface area is 191 Å². The maximum absolute atomic E-state index is 9.44. The maximum atomic E-state index is 9.44. The number of nitrogens with two attached hydrogens (primary N) is 1. The maximum Gasteiger partial charge on any atom is 0.270 e. The molecule has 3 aromatic heterocycles. The number of rotatable bonds is 4. The number of hydrogen-bond donors (Lipinski definition) is 1. The smallest absolute Gasteiger partial charge is 0.270 e. The Bertz CT molecular complexity index is 1380. The molecular formula is C25H23N7O. The van der Waals surface area contributed by atoms with Crippen LogP contribution in [-0.4, -0.2) is 25.1 Å². The summed E-state index contributed by atoms with van der Waals surface area (Å²) in [6.07, 6.45) is 7.86. The predicted octanol–water partition coefficient (Wildman–Crippen LogP) is 4.52. The largest absolute Gasteiger partial charge is 0.414 e. The number of nitrogens with zero attached hydrogens (tertiary/aromatic N) is 6. The first-order valence-electron chi connectivity index (χ1n) is 10.9. The molecule has 0 spiro atoms. The molecule has 1 aromatic carbocycles. The second-order valence-corrected chi connectivity index (χ2v) is 8.76. The number of hydrogen-bond acceptors (Lipinski definition) is 8. The van der Waals surface area contributed by atoms with Crippen LogP contribution < -0.4 is 5.73 Å². The first-order chi connectivity index (χ1) is 15.9. The van der Waals surface area contributed by atoms with E-state index in [1.54, 1.807) is 12.4 Å². The van der Waals surface area contributed by atoms with Gasteiger partial charge in [-0.3, -0.25) is 4.98 Å². The van der Waals surface area contributed by atoms with Gasteiger partial charge in [-0.05, 0) is 74.9 Å². The third kappa shape index (κ3) is 3.94. The molecule has 5 rings (SSSR count). The fourth-order valence-electron chi connectivity index (χ4n) is 3.99. The van der Waals surface area contributed by atoms with Crippen LogP contribution >= 0.6 is 0 Å². The number of benzene rings is 1. The number of aryl methyl sites for hydroxylation is 2. The van der Waals surface area contributed by atoms with Crippen molar-refractivity contribution in [1.29, 1.82) is 5.26 Å². The quantitative estimate of drug-likeness (QED) is 0.494. The van der Waals surface area contributed by atoms with E-state index < -0.39 is 5.41 Å². The van der Waals surface area contributed by atoms with Crippen LogP contribution in [0.4, 0.5) is 5.82 Å². The van der Waals surface area contributed by atoms with E-state index in [4.69, 9.17) is 10.2 Å². The molecule has 8 heteroatoms. The van der Waals surface area contributed by atoms with Gasteiger partial charge in [0, 0.05) is 17.3 Å². The van der Waals surface area contributed by atoms with Gasteiger partial charge in [0.05, 0.1) is 29.1 Å². The van der Waals surface area contributed by atoms with Crippen LogP contribution in [-0.2, 0) is 18.3 Å². The summed E-state index contributed by atoms with van der Waals surface area (Å²) in [6.45, 7) is 3.64. The lowest BCUT2D eigenvalue weighted by atomic mass is 9.90. The minimum Gasteiger partial charge on any atom is -0.414 e. The van der Waals surface area contributed by atoms with Crippen LogP contribution in [0, 0.1) is 11.3 Å². The summed E-state index contributed by atoms with van der Waals surface area (Å²) in [5, 5.41) is 17.9. The van der Waals surface area contributed by atoms with E-state index in [0.29, 0.717) is 23.0 Å². The molecule has 164 valence electrons. The third-order valence-electron chi connectivity index (χ3n) is 6.00. The van der Waals surface area contributed by atoms with Gasteiger partial charge in [0.25, 0.3) is 5.89 Å². The van der Waals surface area contributed by atoms with Crippen LogP contribution in [0.1, 0.15) is 43.5 Å². The van der Waals surface area contributed by atoms with Gasteiger partial charge < -0.3 is 10.2 Å². The van der Waals surface area contributed by atoms with Gasteiger partial charge in [0.15, 0.2) is 11.5 Å². The van der Waals surface area contributed by atoms with E-state index in [0.717, 1.165) is 24.0 Å². The number of nitriles is 1. The average Bonchev–Trinajstić information content (AvgIpc) is 3.34. The molecule has 1 aliphatic carbocycles. The molecule has 2 N–H and O–H groups in total. The van der Waals surface area contributed by atoms with Gasteiger partial charge in [-0.25, -0.2) is 9.97 Å². The molecule has 33 heavy (non-hydrogen) atoms. The summed E-state index contributed by atoms with van der Waals surface area (Å²) in [4.78, 5) is 13.3. The molecule has 8 nitrogen and oxygen atoms in total. The Balaban J connectivity index is 1.50. The standard InChI is InChI=1S/C25H23N7O/c1-25(2,14-26)20-12-17(9-10-28-20)19-13-29-22(27)21(30-19)24-32-31-23(33-24)18-8-7-15-5-3-4-6-16(15)11-18/h7-13H,3-6H2,1-2H3,(H2,27,29). The molecule has 0 bridgehead atoms. The summed E-state index contributed by atoms with van der Waals surface area (Å²) in [7, 11) is 0. The monoisotopic (exact) mass is 437 g/mol. The van der Waals surface area contributed by atoms with E-state index >= 15 is 0 Å². The van der Waals surface area contributed by atoms with Crippen molar-refractivity contribution >= 4 is 5.82 Å². The average molecular weight is 438 g/mol. The van der Waals surface area contributed by atoms with Crippen molar-refractivity contribution in [2.24, 2.45) is 0 Å². The Morgan fingerprint density at radius 2 is 1.76 bits per heavy atom. The molecule has 0 amide bonds. The molecule has 0 saturated carbocycles. The molecule has 3 heterocycles.